The summed E-state index contributed by atoms with van der Waals surface area (Å²) in [5, 5.41) is 14.0. The summed E-state index contributed by atoms with van der Waals surface area (Å²) in [6, 6.07) is 133. The smallest absolute Gasteiger partial charge is 0.164 e. The molecule has 0 saturated carbocycles. The van der Waals surface area contributed by atoms with E-state index in [1.54, 1.807) is 0 Å². The molecule has 0 amide bonds. The van der Waals surface area contributed by atoms with Crippen LogP contribution < -0.4 is 0 Å². The van der Waals surface area contributed by atoms with Crippen LogP contribution in [0.1, 0.15) is 0 Å². The summed E-state index contributed by atoms with van der Waals surface area (Å²) in [4.78, 5) is 26.4. The minimum atomic E-state index is 0.602. The van der Waals surface area contributed by atoms with E-state index in [0.29, 0.717) is 23.3 Å². The first-order chi connectivity index (χ1) is 53.5. The third-order valence-corrected chi connectivity index (χ3v) is 21.7. The van der Waals surface area contributed by atoms with Crippen molar-refractivity contribution in [3.63, 3.8) is 0 Å². The van der Waals surface area contributed by atoms with Crippen molar-refractivity contribution in [1.82, 2.24) is 43.2 Å². The number of hydrogen-bond donors (Lipinski definition) is 0. The molecule has 0 fully saturated rings. The first kappa shape index (κ1) is 60.9. The summed E-state index contributed by atoms with van der Waals surface area (Å²) < 4.78 is 9.77. The van der Waals surface area contributed by atoms with Gasteiger partial charge in [0.05, 0.1) is 55.5 Å². The second-order valence-corrected chi connectivity index (χ2v) is 27.9. The maximum absolute atomic E-state index is 5.58. The van der Waals surface area contributed by atoms with Gasteiger partial charge in [0, 0.05) is 99.2 Å². The Morgan fingerprint density at radius 1 is 0.176 bits per heavy atom. The largest absolute Gasteiger partial charge is 0.309 e. The highest BCUT2D eigenvalue weighted by molar-refractivity contribution is 6.27. The van der Waals surface area contributed by atoms with Crippen LogP contribution in [-0.2, 0) is 0 Å². The van der Waals surface area contributed by atoms with Crippen molar-refractivity contribution in [3.05, 3.63) is 370 Å². The Kier molecular flexibility index (Phi) is 13.8. The zero-order chi connectivity index (χ0) is 70.9. The van der Waals surface area contributed by atoms with Gasteiger partial charge in [0.25, 0.3) is 0 Å². The molecule has 0 spiro atoms. The third-order valence-electron chi connectivity index (χ3n) is 21.7. The molecule has 108 heavy (non-hydrogen) atoms. The van der Waals surface area contributed by atoms with Gasteiger partial charge in [-0.1, -0.05) is 261 Å². The monoisotopic (exact) mass is 1380 g/mol. The lowest BCUT2D eigenvalue weighted by Gasteiger charge is -2.14. The van der Waals surface area contributed by atoms with Gasteiger partial charge >= 0.3 is 0 Å². The van der Waals surface area contributed by atoms with Crippen molar-refractivity contribution in [1.29, 1.82) is 0 Å². The summed E-state index contributed by atoms with van der Waals surface area (Å²) in [7, 11) is 0. The van der Waals surface area contributed by atoms with E-state index in [-0.39, 0.29) is 0 Å². The zero-order valence-corrected chi connectivity index (χ0v) is 58.2. The highest BCUT2D eigenvalue weighted by Gasteiger charge is 2.26. The maximum Gasteiger partial charge on any atom is 0.164 e. The van der Waals surface area contributed by atoms with E-state index in [1.807, 2.05) is 36.4 Å². The van der Waals surface area contributed by atoms with Crippen LogP contribution in [0, 0.1) is 0 Å². The molecule has 9 nitrogen and oxygen atoms in total. The van der Waals surface area contributed by atoms with Crippen LogP contribution in [-0.4, -0.2) is 43.2 Å². The number of rotatable bonds is 11. The molecular formula is C99H61N9. The second kappa shape index (κ2) is 24.5. The van der Waals surface area contributed by atoms with Gasteiger partial charge in [0.15, 0.2) is 23.3 Å². The molecule has 0 radical (unpaired) electrons. The van der Waals surface area contributed by atoms with E-state index in [0.717, 1.165) is 144 Å². The lowest BCUT2D eigenvalue weighted by atomic mass is 9.95. The van der Waals surface area contributed by atoms with Crippen molar-refractivity contribution in [2.45, 2.75) is 0 Å². The standard InChI is InChI=1S/C99H61N9/c1-6-26-62(27-7-1)85-60-86(81-57-67-32-16-17-41-74(67)75-42-18-19-43-76(75)81)101-98(100-85)68-33-25-40-73(55-68)108-89-52-49-65(56-82(89)79-51-53-90-94(95(79)108)80-45-21-23-47-88(80)105(90)70-35-12-4-13-36-70)66-48-50-78-84-59-83-77-44-20-22-46-87(77)107(93(83)61-92(84)106(91(78)58-66)71-37-14-5-15-38-71)72-39-24-34-69(54-72)99-103-96(63-28-8-2-9-29-63)102-97(104-99)64-30-10-3-11-31-64/h1-61H. The molecule has 0 N–H and O–H groups in total. The molecule has 0 aliphatic carbocycles. The lowest BCUT2D eigenvalue weighted by Crippen LogP contribution is -2.01. The van der Waals surface area contributed by atoms with Crippen LogP contribution >= 0.6 is 0 Å². The molecule has 0 aliphatic heterocycles. The van der Waals surface area contributed by atoms with Gasteiger partial charge in [0.2, 0.25) is 0 Å². The van der Waals surface area contributed by atoms with Crippen molar-refractivity contribution >= 4 is 109 Å². The van der Waals surface area contributed by atoms with Crippen LogP contribution in [0.4, 0.5) is 0 Å². The highest BCUT2D eigenvalue weighted by Crippen LogP contribution is 2.47. The van der Waals surface area contributed by atoms with E-state index < -0.39 is 0 Å². The molecular weight excluding hydrogens is 1320 g/mol. The Morgan fingerprint density at radius 3 is 1.25 bits per heavy atom. The van der Waals surface area contributed by atoms with E-state index in [2.05, 4.69) is 352 Å². The number of fused-ring (bicyclic) bond motifs is 16. The molecule has 0 unspecified atom stereocenters. The Bertz CT molecular complexity index is 7340. The average Bonchev–Trinajstić information content (AvgIpc) is 1.54. The van der Waals surface area contributed by atoms with Gasteiger partial charge < -0.3 is 18.3 Å². The fraction of sp³-hybridized carbons (Fsp3) is 0. The van der Waals surface area contributed by atoms with Gasteiger partial charge in [-0.2, -0.15) is 0 Å². The topological polar surface area (TPSA) is 84.2 Å². The summed E-state index contributed by atoms with van der Waals surface area (Å²) in [6.07, 6.45) is 0. The van der Waals surface area contributed by atoms with Crippen LogP contribution in [0.2, 0.25) is 0 Å². The second-order valence-electron chi connectivity index (χ2n) is 27.9. The van der Waals surface area contributed by atoms with Crippen molar-refractivity contribution in [2.75, 3.05) is 0 Å². The molecule has 6 heterocycles. The van der Waals surface area contributed by atoms with Crippen LogP contribution in [0.15, 0.2) is 370 Å². The lowest BCUT2D eigenvalue weighted by molar-refractivity contribution is 1.07. The van der Waals surface area contributed by atoms with Crippen LogP contribution in [0.3, 0.4) is 0 Å². The predicted molar refractivity (Wildman–Crippen MR) is 446 cm³/mol. The van der Waals surface area contributed by atoms with E-state index in [9.17, 15) is 0 Å². The molecule has 0 saturated heterocycles. The number of aromatic nitrogens is 9. The molecule has 0 bridgehead atoms. The van der Waals surface area contributed by atoms with Gasteiger partial charge in [-0.05, 0) is 142 Å². The van der Waals surface area contributed by atoms with Crippen molar-refractivity contribution in [3.8, 4) is 102 Å². The number of nitrogens with zero attached hydrogens (tertiary/aromatic N) is 9. The summed E-state index contributed by atoms with van der Waals surface area (Å²) in [5.41, 5.74) is 22.8. The first-order valence-electron chi connectivity index (χ1n) is 36.6. The molecule has 0 aliphatic rings. The SMILES string of the molecule is c1ccc(-c2cc(-c3cc4ccccc4c4ccccc34)nc(-c3cccc(-n4c5ccc(-c6ccc7c8cc9c%10ccccc%10n(-c%10cccc(-c%11nc(-c%12ccccc%12)nc(-c%12ccccc%12)n%11)c%10)c9cc8n(-c8ccccc8)c7c6)cc5c5ccc6c(c7ccccc7n6-c6ccccc6)c54)c3)n2)cc1. The van der Waals surface area contributed by atoms with E-state index in [4.69, 9.17) is 24.9 Å². The van der Waals surface area contributed by atoms with E-state index >= 15 is 0 Å². The minimum absolute atomic E-state index is 0.602. The Morgan fingerprint density at radius 2 is 0.593 bits per heavy atom. The van der Waals surface area contributed by atoms with Gasteiger partial charge in [-0.3, -0.25) is 0 Å². The Balaban J connectivity index is 0.729. The summed E-state index contributed by atoms with van der Waals surface area (Å²) >= 11 is 0. The molecule has 0 atom stereocenters. The fourth-order valence-corrected chi connectivity index (χ4v) is 16.9. The van der Waals surface area contributed by atoms with Gasteiger partial charge in [-0.25, -0.2) is 24.9 Å². The fourth-order valence-electron chi connectivity index (χ4n) is 16.9. The van der Waals surface area contributed by atoms with Gasteiger partial charge in [0.1, 0.15) is 0 Å². The number of benzene rings is 16. The molecule has 502 valence electrons. The average molecular weight is 1380 g/mol. The number of para-hydroxylation sites is 4. The summed E-state index contributed by atoms with van der Waals surface area (Å²) in [6.45, 7) is 0. The molecule has 22 rings (SSSR count). The highest BCUT2D eigenvalue weighted by atomic mass is 15.1. The quantitative estimate of drug-likeness (QED) is 0.121. The molecule has 9 heteroatoms. The summed E-state index contributed by atoms with van der Waals surface area (Å²) in [5.74, 6) is 2.49. The molecule has 22 aromatic rings. The Hall–Kier alpha value is -14.7. The Labute approximate surface area is 620 Å². The molecule has 16 aromatic carbocycles. The third kappa shape index (κ3) is 9.76. The number of hydrogen-bond acceptors (Lipinski definition) is 5. The first-order valence-corrected chi connectivity index (χ1v) is 36.6. The minimum Gasteiger partial charge on any atom is -0.309 e. The normalized spacial score (nSPS) is 11.9. The zero-order valence-electron chi connectivity index (χ0n) is 58.2. The predicted octanol–water partition coefficient (Wildman–Crippen LogP) is 25.0. The van der Waals surface area contributed by atoms with Crippen LogP contribution in [0.25, 0.3) is 211 Å². The van der Waals surface area contributed by atoms with Crippen molar-refractivity contribution < 1.29 is 0 Å². The molecule has 6 aromatic heterocycles. The van der Waals surface area contributed by atoms with E-state index in [1.165, 1.54) is 43.1 Å². The van der Waals surface area contributed by atoms with Gasteiger partial charge in [-0.15, -0.1) is 0 Å². The van der Waals surface area contributed by atoms with Crippen molar-refractivity contribution in [2.24, 2.45) is 0 Å². The van der Waals surface area contributed by atoms with Crippen LogP contribution in [0.5, 0.6) is 0 Å². The maximum atomic E-state index is 5.58.